The second-order valence-electron chi connectivity index (χ2n) is 10.0. The zero-order valence-electron chi connectivity index (χ0n) is 22.1. The van der Waals surface area contributed by atoms with Gasteiger partial charge in [0.05, 0.1) is 30.3 Å². The monoisotopic (exact) mass is 553 g/mol. The number of nitrogens with zero attached hydrogens (tertiary/aromatic N) is 4. The summed E-state index contributed by atoms with van der Waals surface area (Å²) in [4.78, 5) is 44.1. The molecular weight excluding hydrogens is 521 g/mol. The zero-order chi connectivity index (χ0) is 28.1. The Hall–Kier alpha value is -4.49. The average Bonchev–Trinajstić information content (AvgIpc) is 3.64. The zero-order valence-corrected chi connectivity index (χ0v) is 22.1. The second kappa shape index (κ2) is 12.1. The van der Waals surface area contributed by atoms with Gasteiger partial charge < -0.3 is 31.3 Å². The molecule has 3 aromatic rings. The summed E-state index contributed by atoms with van der Waals surface area (Å²) in [5.74, 6) is -0.784. The summed E-state index contributed by atoms with van der Waals surface area (Å²) < 4.78 is 20.6. The Labute approximate surface area is 229 Å². The molecule has 0 aromatic carbocycles. The van der Waals surface area contributed by atoms with Crippen LogP contribution in [-0.2, 0) is 9.53 Å². The molecular formula is C26H32FN9O4. The van der Waals surface area contributed by atoms with E-state index in [1.165, 1.54) is 29.9 Å². The van der Waals surface area contributed by atoms with Gasteiger partial charge in [0.15, 0.2) is 17.2 Å². The summed E-state index contributed by atoms with van der Waals surface area (Å²) in [6.45, 7) is 1.79. The van der Waals surface area contributed by atoms with Crippen LogP contribution < -0.4 is 26.6 Å². The molecule has 2 saturated carbocycles. The van der Waals surface area contributed by atoms with E-state index in [4.69, 9.17) is 4.74 Å². The molecule has 2 aliphatic rings. The molecule has 0 saturated heterocycles. The highest BCUT2D eigenvalue weighted by atomic mass is 19.1. The third-order valence-electron chi connectivity index (χ3n) is 6.77. The molecule has 2 fully saturated rings. The van der Waals surface area contributed by atoms with Crippen molar-refractivity contribution < 1.29 is 23.5 Å². The molecule has 212 valence electrons. The Morgan fingerprint density at radius 3 is 2.48 bits per heavy atom. The first kappa shape index (κ1) is 27.1. The molecule has 0 bridgehead atoms. The lowest BCUT2D eigenvalue weighted by molar-refractivity contribution is -0.119. The van der Waals surface area contributed by atoms with Crippen molar-refractivity contribution >= 4 is 40.7 Å². The van der Waals surface area contributed by atoms with Crippen molar-refractivity contribution in [2.75, 3.05) is 29.1 Å². The third-order valence-corrected chi connectivity index (χ3v) is 6.77. The average molecular weight is 554 g/mol. The van der Waals surface area contributed by atoms with Crippen molar-refractivity contribution in [1.29, 1.82) is 0 Å². The van der Waals surface area contributed by atoms with Gasteiger partial charge in [-0.2, -0.15) is 0 Å². The number of rotatable bonds is 10. The van der Waals surface area contributed by atoms with Crippen molar-refractivity contribution in [3.8, 4) is 0 Å². The lowest BCUT2D eigenvalue weighted by Gasteiger charge is -2.29. The number of hydrogen-bond acceptors (Lipinski definition) is 9. The standard InChI is InChI=1S/C26H32FN9O4/c1-15(37)29-10-11-40-26(39)33-18-6-4-17(5-7-18)32-23-12-21(31-16-2-3-16)24-30-14-22(36(24)35-23)25(38)34-20-8-9-28-13-19(20)27/h8-9,12-14,16-18,31H,2-7,10-11H2,1H3,(H,29,37)(H,32,35)(H,33,39)(H,28,34,38)/t17-,18-. The number of aromatic nitrogens is 4. The minimum absolute atomic E-state index is 0.00798. The van der Waals surface area contributed by atoms with Crippen molar-refractivity contribution in [2.45, 2.75) is 63.6 Å². The van der Waals surface area contributed by atoms with E-state index < -0.39 is 17.8 Å². The summed E-state index contributed by atoms with van der Waals surface area (Å²) in [5.41, 5.74) is 1.44. The van der Waals surface area contributed by atoms with Crippen LogP contribution in [0.1, 0.15) is 55.9 Å². The van der Waals surface area contributed by atoms with Gasteiger partial charge in [-0.25, -0.2) is 18.7 Å². The number of imidazole rings is 1. The number of fused-ring (bicyclic) bond motifs is 1. The number of amides is 3. The summed E-state index contributed by atoms with van der Waals surface area (Å²) >= 11 is 0. The minimum Gasteiger partial charge on any atom is -0.448 e. The van der Waals surface area contributed by atoms with Crippen molar-refractivity contribution in [3.05, 3.63) is 42.2 Å². The van der Waals surface area contributed by atoms with Crippen molar-refractivity contribution in [3.63, 3.8) is 0 Å². The Morgan fingerprint density at radius 1 is 1.02 bits per heavy atom. The van der Waals surface area contributed by atoms with Crippen LogP contribution in [-0.4, -0.2) is 68.8 Å². The summed E-state index contributed by atoms with van der Waals surface area (Å²) in [7, 11) is 0. The molecule has 0 unspecified atom stereocenters. The molecule has 14 heteroatoms. The van der Waals surface area contributed by atoms with Gasteiger partial charge in [-0.15, -0.1) is 5.10 Å². The first-order chi connectivity index (χ1) is 19.4. The summed E-state index contributed by atoms with van der Waals surface area (Å²) in [5, 5.41) is 19.6. The van der Waals surface area contributed by atoms with Crippen LogP contribution in [0.5, 0.6) is 0 Å². The first-order valence-corrected chi connectivity index (χ1v) is 13.4. The maximum absolute atomic E-state index is 14.1. The number of anilines is 3. The Balaban J connectivity index is 1.23. The van der Waals surface area contributed by atoms with Gasteiger partial charge in [0.1, 0.15) is 12.4 Å². The molecule has 0 aliphatic heterocycles. The summed E-state index contributed by atoms with van der Waals surface area (Å²) in [6.07, 6.45) is 8.55. The van der Waals surface area contributed by atoms with E-state index >= 15 is 0 Å². The fraction of sp³-hybridized carbons (Fsp3) is 0.462. The third kappa shape index (κ3) is 6.93. The van der Waals surface area contributed by atoms with Gasteiger partial charge in [-0.3, -0.25) is 14.6 Å². The first-order valence-electron chi connectivity index (χ1n) is 13.4. The van der Waals surface area contributed by atoms with E-state index in [0.29, 0.717) is 17.5 Å². The molecule has 0 atom stereocenters. The Bertz CT molecular complexity index is 1390. The Morgan fingerprint density at radius 2 is 1.75 bits per heavy atom. The van der Waals surface area contributed by atoms with Crippen molar-refractivity contribution in [2.24, 2.45) is 0 Å². The van der Waals surface area contributed by atoms with E-state index in [2.05, 4.69) is 41.7 Å². The number of pyridine rings is 1. The van der Waals surface area contributed by atoms with Gasteiger partial charge >= 0.3 is 6.09 Å². The van der Waals surface area contributed by atoms with Gasteiger partial charge in [0.25, 0.3) is 5.91 Å². The van der Waals surface area contributed by atoms with Crippen LogP contribution in [0.4, 0.5) is 26.4 Å². The van der Waals surface area contributed by atoms with E-state index in [9.17, 15) is 18.8 Å². The molecule has 0 spiro atoms. The molecule has 3 aromatic heterocycles. The maximum Gasteiger partial charge on any atom is 0.407 e. The number of ether oxygens (including phenoxy) is 1. The van der Waals surface area contributed by atoms with Crippen LogP contribution in [0, 0.1) is 5.82 Å². The molecule has 5 N–H and O–H groups in total. The lowest BCUT2D eigenvalue weighted by Crippen LogP contribution is -2.41. The maximum atomic E-state index is 14.1. The molecule has 2 aliphatic carbocycles. The Kier molecular flexibility index (Phi) is 8.22. The topological polar surface area (TPSA) is 164 Å². The predicted octanol–water partition coefficient (Wildman–Crippen LogP) is 2.68. The number of hydrogen-bond donors (Lipinski definition) is 5. The van der Waals surface area contributed by atoms with E-state index in [-0.39, 0.29) is 42.5 Å². The lowest BCUT2D eigenvalue weighted by atomic mass is 9.91. The number of carbonyl (C=O) groups excluding carboxylic acids is 3. The van der Waals surface area contributed by atoms with Crippen LogP contribution in [0.2, 0.25) is 0 Å². The largest absolute Gasteiger partial charge is 0.448 e. The van der Waals surface area contributed by atoms with E-state index in [0.717, 1.165) is 50.4 Å². The van der Waals surface area contributed by atoms with Gasteiger partial charge in [-0.05, 0) is 44.6 Å². The minimum atomic E-state index is -0.639. The quantitative estimate of drug-likeness (QED) is 0.238. The molecule has 3 amide bonds. The van der Waals surface area contributed by atoms with Gasteiger partial charge in [0.2, 0.25) is 5.91 Å². The summed E-state index contributed by atoms with van der Waals surface area (Å²) in [6, 6.07) is 3.72. The molecule has 3 heterocycles. The second-order valence-corrected chi connectivity index (χ2v) is 10.0. The highest BCUT2D eigenvalue weighted by Crippen LogP contribution is 2.30. The van der Waals surface area contributed by atoms with Crippen LogP contribution >= 0.6 is 0 Å². The van der Waals surface area contributed by atoms with Crippen LogP contribution in [0.15, 0.2) is 30.7 Å². The SMILES string of the molecule is CC(=O)NCCOC(=O)N[C@H]1CC[C@H](Nc2cc(NC3CC3)c3ncc(C(=O)Nc4ccncc4F)n3n2)CC1. The molecule has 13 nitrogen and oxygen atoms in total. The van der Waals surface area contributed by atoms with E-state index in [1.807, 2.05) is 6.07 Å². The fourth-order valence-electron chi connectivity index (χ4n) is 4.58. The van der Waals surface area contributed by atoms with Crippen molar-refractivity contribution in [1.82, 2.24) is 30.2 Å². The molecule has 5 rings (SSSR count). The van der Waals surface area contributed by atoms with Crippen LogP contribution in [0.3, 0.4) is 0 Å². The van der Waals surface area contributed by atoms with Crippen LogP contribution in [0.25, 0.3) is 5.65 Å². The molecule has 0 radical (unpaired) electrons. The van der Waals surface area contributed by atoms with Gasteiger partial charge in [0, 0.05) is 37.3 Å². The fourth-order valence-corrected chi connectivity index (χ4v) is 4.58. The predicted molar refractivity (Wildman–Crippen MR) is 145 cm³/mol. The van der Waals surface area contributed by atoms with Gasteiger partial charge in [-0.1, -0.05) is 0 Å². The smallest absolute Gasteiger partial charge is 0.407 e. The van der Waals surface area contributed by atoms with E-state index in [1.54, 1.807) is 0 Å². The number of nitrogens with one attached hydrogen (secondary N) is 5. The normalized spacial score (nSPS) is 18.6. The number of carbonyl (C=O) groups is 3. The number of alkyl carbamates (subject to hydrolysis) is 1. The highest BCUT2D eigenvalue weighted by molar-refractivity contribution is 6.03. The number of halogens is 1. The highest BCUT2D eigenvalue weighted by Gasteiger charge is 2.26. The molecule has 40 heavy (non-hydrogen) atoms.